The van der Waals surface area contributed by atoms with Crippen LogP contribution in [-0.4, -0.2) is 27.6 Å². The van der Waals surface area contributed by atoms with Crippen molar-refractivity contribution in [2.45, 2.75) is 44.1 Å². The molecule has 4 aliphatic carbocycles. The van der Waals surface area contributed by atoms with Crippen LogP contribution in [0.4, 0.5) is 5.95 Å². The van der Waals surface area contributed by atoms with Gasteiger partial charge in [-0.25, -0.2) is 0 Å². The van der Waals surface area contributed by atoms with Crippen LogP contribution in [0.5, 0.6) is 6.01 Å². The first-order chi connectivity index (χ1) is 9.64. The Morgan fingerprint density at radius 2 is 1.65 bits per heavy atom. The van der Waals surface area contributed by atoms with Crippen LogP contribution in [0.25, 0.3) is 0 Å². The van der Waals surface area contributed by atoms with E-state index in [0.29, 0.717) is 5.95 Å². The normalized spacial score (nSPS) is 38.0. The molecule has 0 aromatic carbocycles. The van der Waals surface area contributed by atoms with Gasteiger partial charge in [0.05, 0.1) is 7.11 Å². The largest absolute Gasteiger partial charge is 0.467 e. The first-order valence-corrected chi connectivity index (χ1v) is 7.76. The number of halogens is 1. The molecule has 0 amide bonds. The summed E-state index contributed by atoms with van der Waals surface area (Å²) in [5.41, 5.74) is 0.171. The van der Waals surface area contributed by atoms with Crippen molar-refractivity contribution in [2.75, 3.05) is 12.4 Å². The van der Waals surface area contributed by atoms with Gasteiger partial charge in [0.1, 0.15) is 0 Å². The standard InChI is InChI=1S/C14H19ClN4O/c1-20-13-17-11(15)16-12(18-13)19-14-5-8-2-9(6-14)4-10(3-8)7-14/h8-10H,2-7H2,1H3,(H,16,17,18,19). The maximum absolute atomic E-state index is 5.93. The zero-order valence-corrected chi connectivity index (χ0v) is 12.4. The summed E-state index contributed by atoms with van der Waals surface area (Å²) < 4.78 is 5.07. The topological polar surface area (TPSA) is 59.9 Å². The van der Waals surface area contributed by atoms with Gasteiger partial charge >= 0.3 is 6.01 Å². The van der Waals surface area contributed by atoms with Crippen LogP contribution in [0.3, 0.4) is 0 Å². The van der Waals surface area contributed by atoms with Crippen LogP contribution in [0.1, 0.15) is 38.5 Å². The fraction of sp³-hybridized carbons (Fsp3) is 0.786. The average Bonchev–Trinajstić information content (AvgIpc) is 2.35. The maximum atomic E-state index is 5.93. The Balaban J connectivity index is 1.61. The molecule has 4 fully saturated rings. The Bertz CT molecular complexity index is 501. The third-order valence-corrected chi connectivity index (χ3v) is 5.35. The van der Waals surface area contributed by atoms with Gasteiger partial charge in [0.15, 0.2) is 0 Å². The summed E-state index contributed by atoms with van der Waals surface area (Å²) in [6.07, 6.45) is 7.98. The first-order valence-electron chi connectivity index (χ1n) is 7.38. The second-order valence-electron chi connectivity index (χ2n) is 6.74. The van der Waals surface area contributed by atoms with E-state index in [0.717, 1.165) is 17.8 Å². The lowest BCUT2D eigenvalue weighted by molar-refractivity contribution is 0.0103. The lowest BCUT2D eigenvalue weighted by Gasteiger charge is -2.56. The fourth-order valence-corrected chi connectivity index (χ4v) is 5.13. The molecule has 1 aromatic rings. The number of aromatic nitrogens is 3. The quantitative estimate of drug-likeness (QED) is 0.929. The van der Waals surface area contributed by atoms with Crippen LogP contribution >= 0.6 is 11.6 Å². The second-order valence-corrected chi connectivity index (χ2v) is 7.08. The van der Waals surface area contributed by atoms with Crippen LogP contribution in [0, 0.1) is 17.8 Å². The Morgan fingerprint density at radius 3 is 2.20 bits per heavy atom. The van der Waals surface area contributed by atoms with Gasteiger partial charge in [0.2, 0.25) is 11.2 Å². The van der Waals surface area contributed by atoms with E-state index in [4.69, 9.17) is 16.3 Å². The van der Waals surface area contributed by atoms with E-state index in [-0.39, 0.29) is 16.8 Å². The van der Waals surface area contributed by atoms with E-state index in [1.807, 2.05) is 0 Å². The van der Waals surface area contributed by atoms with Gasteiger partial charge in [-0.1, -0.05) is 0 Å². The molecule has 0 saturated heterocycles. The third-order valence-electron chi connectivity index (χ3n) is 5.19. The first kappa shape index (κ1) is 12.6. The molecule has 6 heteroatoms. The predicted octanol–water partition coefficient (Wildman–Crippen LogP) is 2.91. The van der Waals surface area contributed by atoms with Gasteiger partial charge in [0.25, 0.3) is 0 Å². The minimum Gasteiger partial charge on any atom is -0.467 e. The van der Waals surface area contributed by atoms with Gasteiger partial charge < -0.3 is 10.1 Å². The van der Waals surface area contributed by atoms with Crippen molar-refractivity contribution in [3.05, 3.63) is 5.28 Å². The molecule has 20 heavy (non-hydrogen) atoms. The summed E-state index contributed by atoms with van der Waals surface area (Å²) >= 11 is 5.93. The van der Waals surface area contributed by atoms with Crippen molar-refractivity contribution in [1.29, 1.82) is 0 Å². The highest BCUT2D eigenvalue weighted by molar-refractivity contribution is 6.28. The molecule has 0 unspecified atom stereocenters. The van der Waals surface area contributed by atoms with Gasteiger partial charge in [-0.05, 0) is 67.9 Å². The lowest BCUT2D eigenvalue weighted by Crippen LogP contribution is -2.55. The van der Waals surface area contributed by atoms with Crippen LogP contribution in [0.15, 0.2) is 0 Å². The zero-order chi connectivity index (χ0) is 13.7. The number of hydrogen-bond acceptors (Lipinski definition) is 5. The summed E-state index contributed by atoms with van der Waals surface area (Å²) in [6, 6.07) is 0.275. The average molecular weight is 295 g/mol. The van der Waals surface area contributed by atoms with Crippen molar-refractivity contribution in [1.82, 2.24) is 15.0 Å². The number of nitrogens with one attached hydrogen (secondary N) is 1. The minimum atomic E-state index is 0.171. The number of nitrogens with zero attached hydrogens (tertiary/aromatic N) is 3. The third kappa shape index (κ3) is 2.12. The number of anilines is 1. The molecular formula is C14H19ClN4O. The van der Waals surface area contributed by atoms with E-state index in [1.54, 1.807) is 7.11 Å². The molecule has 5 nitrogen and oxygen atoms in total. The van der Waals surface area contributed by atoms with E-state index >= 15 is 0 Å². The van der Waals surface area contributed by atoms with Crippen molar-refractivity contribution >= 4 is 17.5 Å². The number of methoxy groups -OCH3 is 1. The summed E-state index contributed by atoms with van der Waals surface area (Å²) in [6.45, 7) is 0. The second kappa shape index (κ2) is 4.45. The zero-order valence-electron chi connectivity index (χ0n) is 11.6. The molecule has 4 saturated carbocycles. The SMILES string of the molecule is COc1nc(Cl)nc(NC23CC4CC(CC(C4)C2)C3)n1. The smallest absolute Gasteiger partial charge is 0.322 e. The number of hydrogen-bond donors (Lipinski definition) is 1. The molecule has 0 aliphatic heterocycles. The Labute approximate surface area is 123 Å². The molecule has 4 bridgehead atoms. The molecule has 4 aliphatic rings. The lowest BCUT2D eigenvalue weighted by atomic mass is 9.53. The molecule has 0 radical (unpaired) electrons. The Morgan fingerprint density at radius 1 is 1.05 bits per heavy atom. The number of ether oxygens (including phenoxy) is 1. The monoisotopic (exact) mass is 294 g/mol. The van der Waals surface area contributed by atoms with Crippen molar-refractivity contribution < 1.29 is 4.74 Å². The van der Waals surface area contributed by atoms with Crippen molar-refractivity contribution in [3.8, 4) is 6.01 Å². The highest BCUT2D eigenvalue weighted by atomic mass is 35.5. The van der Waals surface area contributed by atoms with Crippen LogP contribution in [0.2, 0.25) is 5.28 Å². The van der Waals surface area contributed by atoms with E-state index in [1.165, 1.54) is 38.5 Å². The minimum absolute atomic E-state index is 0.171. The molecule has 0 spiro atoms. The molecule has 0 atom stereocenters. The van der Waals surface area contributed by atoms with E-state index in [9.17, 15) is 0 Å². The maximum Gasteiger partial charge on any atom is 0.322 e. The van der Waals surface area contributed by atoms with Gasteiger partial charge in [-0.2, -0.15) is 15.0 Å². The van der Waals surface area contributed by atoms with Crippen LogP contribution < -0.4 is 10.1 Å². The summed E-state index contributed by atoms with van der Waals surface area (Å²) in [5.74, 6) is 3.21. The van der Waals surface area contributed by atoms with Crippen molar-refractivity contribution in [3.63, 3.8) is 0 Å². The van der Waals surface area contributed by atoms with Gasteiger partial charge in [-0.3, -0.25) is 0 Å². The van der Waals surface area contributed by atoms with Crippen molar-refractivity contribution in [2.24, 2.45) is 17.8 Å². The summed E-state index contributed by atoms with van der Waals surface area (Å²) in [4.78, 5) is 12.4. The summed E-state index contributed by atoms with van der Waals surface area (Å²) in [5, 5.41) is 3.76. The molecule has 108 valence electrons. The highest BCUT2D eigenvalue weighted by Crippen LogP contribution is 2.56. The van der Waals surface area contributed by atoms with E-state index < -0.39 is 0 Å². The molecule has 1 aromatic heterocycles. The summed E-state index contributed by atoms with van der Waals surface area (Å²) in [7, 11) is 1.54. The predicted molar refractivity (Wildman–Crippen MR) is 75.9 cm³/mol. The Kier molecular flexibility index (Phi) is 2.81. The van der Waals surface area contributed by atoms with Crippen LogP contribution in [-0.2, 0) is 0 Å². The van der Waals surface area contributed by atoms with E-state index in [2.05, 4.69) is 20.3 Å². The molecule has 5 rings (SSSR count). The number of rotatable bonds is 3. The molecular weight excluding hydrogens is 276 g/mol. The van der Waals surface area contributed by atoms with Gasteiger partial charge in [-0.15, -0.1) is 0 Å². The fourth-order valence-electron chi connectivity index (χ4n) is 4.98. The molecule has 1 N–H and O–H groups in total. The molecule has 1 heterocycles. The van der Waals surface area contributed by atoms with Gasteiger partial charge in [0, 0.05) is 5.54 Å². The highest BCUT2D eigenvalue weighted by Gasteiger charge is 2.51. The Hall–Kier alpha value is -1.10.